The first-order chi connectivity index (χ1) is 7.24. The van der Waals surface area contributed by atoms with E-state index in [-0.39, 0.29) is 5.97 Å². The molecule has 0 aromatic carbocycles. The van der Waals surface area contributed by atoms with Crippen LogP contribution in [0.3, 0.4) is 0 Å². The largest absolute Gasteiger partial charge is 0.465 e. The van der Waals surface area contributed by atoms with Crippen LogP contribution in [-0.4, -0.2) is 26.2 Å². The fraction of sp³-hybridized carbons (Fsp3) is 0.917. The van der Waals surface area contributed by atoms with E-state index in [1.54, 1.807) is 0 Å². The average Bonchev–Trinajstić information content (AvgIpc) is 2.26. The van der Waals surface area contributed by atoms with Crippen LogP contribution in [0.1, 0.15) is 46.0 Å². The summed E-state index contributed by atoms with van der Waals surface area (Å²) in [4.78, 5) is 11.2. The molecule has 0 rings (SSSR count). The van der Waals surface area contributed by atoms with Crippen molar-refractivity contribution in [3.05, 3.63) is 0 Å². The van der Waals surface area contributed by atoms with Crippen LogP contribution in [0.15, 0.2) is 0 Å². The van der Waals surface area contributed by atoms with Gasteiger partial charge in [0.1, 0.15) is 0 Å². The molecule has 0 heterocycles. The Labute approximate surface area is 93.6 Å². The van der Waals surface area contributed by atoms with Crippen LogP contribution in [0.25, 0.3) is 0 Å². The maximum Gasteiger partial charge on any atom is 0.307 e. The summed E-state index contributed by atoms with van der Waals surface area (Å²) >= 11 is 0. The van der Waals surface area contributed by atoms with Gasteiger partial charge in [0.2, 0.25) is 0 Å². The van der Waals surface area contributed by atoms with E-state index >= 15 is 0 Å². The van der Waals surface area contributed by atoms with Crippen molar-refractivity contribution in [2.45, 2.75) is 46.0 Å². The second kappa shape index (κ2) is 9.97. The minimum Gasteiger partial charge on any atom is -0.465 e. The van der Waals surface area contributed by atoms with Crippen molar-refractivity contribution in [2.24, 2.45) is 5.92 Å². The number of hydrogen-bond acceptors (Lipinski definition) is 3. The maximum absolute atomic E-state index is 11.2. The minimum atomic E-state index is -0.0840. The van der Waals surface area contributed by atoms with Crippen LogP contribution in [0, 0.1) is 5.92 Å². The average molecular weight is 215 g/mol. The summed E-state index contributed by atoms with van der Waals surface area (Å²) in [5.74, 6) is 0.461. The highest BCUT2D eigenvalue weighted by atomic mass is 16.5. The third-order valence-electron chi connectivity index (χ3n) is 2.60. The van der Waals surface area contributed by atoms with Crippen LogP contribution in [-0.2, 0) is 9.53 Å². The van der Waals surface area contributed by atoms with Gasteiger partial charge in [0.05, 0.1) is 13.0 Å². The zero-order valence-electron chi connectivity index (χ0n) is 10.3. The van der Waals surface area contributed by atoms with E-state index in [1.807, 2.05) is 7.05 Å². The van der Waals surface area contributed by atoms with E-state index in [2.05, 4.69) is 19.2 Å². The van der Waals surface area contributed by atoms with Gasteiger partial charge in [-0.05, 0) is 19.4 Å². The number of esters is 1. The van der Waals surface area contributed by atoms with Crippen LogP contribution < -0.4 is 5.32 Å². The summed E-state index contributed by atoms with van der Waals surface area (Å²) in [6, 6.07) is 0. The lowest BCUT2D eigenvalue weighted by molar-refractivity contribution is -0.145. The molecule has 15 heavy (non-hydrogen) atoms. The predicted molar refractivity (Wildman–Crippen MR) is 62.8 cm³/mol. The molecular formula is C12H25NO2. The number of unbranched alkanes of at least 4 members (excludes halogenated alkanes) is 1. The Hall–Kier alpha value is -0.570. The van der Waals surface area contributed by atoms with E-state index in [9.17, 15) is 4.79 Å². The van der Waals surface area contributed by atoms with E-state index in [1.165, 1.54) is 19.3 Å². The number of carbonyl (C=O) groups excluding carboxylic acids is 1. The highest BCUT2D eigenvalue weighted by Gasteiger charge is 2.09. The summed E-state index contributed by atoms with van der Waals surface area (Å²) in [6.45, 7) is 5.64. The molecule has 0 aliphatic carbocycles. The fourth-order valence-electron chi connectivity index (χ4n) is 1.41. The molecule has 0 saturated carbocycles. The maximum atomic E-state index is 11.2. The van der Waals surface area contributed by atoms with Gasteiger partial charge in [-0.1, -0.05) is 33.1 Å². The second-order valence-electron chi connectivity index (χ2n) is 3.95. The van der Waals surface area contributed by atoms with Crippen LogP contribution in [0.5, 0.6) is 0 Å². The minimum absolute atomic E-state index is 0.0840. The summed E-state index contributed by atoms with van der Waals surface area (Å²) < 4.78 is 5.22. The van der Waals surface area contributed by atoms with E-state index in [4.69, 9.17) is 4.74 Å². The molecule has 90 valence electrons. The van der Waals surface area contributed by atoms with Crippen molar-refractivity contribution in [2.75, 3.05) is 20.2 Å². The van der Waals surface area contributed by atoms with E-state index in [0.29, 0.717) is 25.5 Å². The van der Waals surface area contributed by atoms with Crippen molar-refractivity contribution in [1.82, 2.24) is 5.32 Å². The van der Waals surface area contributed by atoms with Gasteiger partial charge >= 0.3 is 5.97 Å². The van der Waals surface area contributed by atoms with Gasteiger partial charge in [-0.25, -0.2) is 0 Å². The number of hydrogen-bond donors (Lipinski definition) is 1. The molecule has 0 saturated heterocycles. The Balaban J connectivity index is 3.55. The SMILES string of the molecule is CCCCC(CC)COC(=O)CCNC. The lowest BCUT2D eigenvalue weighted by Crippen LogP contribution is -2.18. The van der Waals surface area contributed by atoms with Gasteiger partial charge in [-0.3, -0.25) is 4.79 Å². The van der Waals surface area contributed by atoms with Gasteiger partial charge in [-0.15, -0.1) is 0 Å². The van der Waals surface area contributed by atoms with Crippen molar-refractivity contribution in [3.8, 4) is 0 Å². The first kappa shape index (κ1) is 14.4. The Kier molecular flexibility index (Phi) is 9.59. The molecule has 3 nitrogen and oxygen atoms in total. The summed E-state index contributed by atoms with van der Waals surface area (Å²) in [7, 11) is 1.84. The molecule has 1 N–H and O–H groups in total. The topological polar surface area (TPSA) is 38.3 Å². The van der Waals surface area contributed by atoms with Crippen LogP contribution >= 0.6 is 0 Å². The molecule has 0 aromatic rings. The molecular weight excluding hydrogens is 190 g/mol. The second-order valence-corrected chi connectivity index (χ2v) is 3.95. The molecule has 0 bridgehead atoms. The van der Waals surface area contributed by atoms with Gasteiger partial charge < -0.3 is 10.1 Å². The van der Waals surface area contributed by atoms with E-state index < -0.39 is 0 Å². The predicted octanol–water partition coefficient (Wildman–Crippen LogP) is 2.36. The molecule has 1 unspecified atom stereocenters. The highest BCUT2D eigenvalue weighted by Crippen LogP contribution is 2.12. The lowest BCUT2D eigenvalue weighted by Gasteiger charge is -2.14. The van der Waals surface area contributed by atoms with Gasteiger partial charge in [-0.2, -0.15) is 0 Å². The Morgan fingerprint density at radius 2 is 2.13 bits per heavy atom. The molecule has 0 aliphatic heterocycles. The zero-order chi connectivity index (χ0) is 11.5. The van der Waals surface area contributed by atoms with Crippen molar-refractivity contribution in [3.63, 3.8) is 0 Å². The summed E-state index contributed by atoms with van der Waals surface area (Å²) in [5, 5.41) is 2.93. The molecule has 0 spiro atoms. The van der Waals surface area contributed by atoms with Crippen LogP contribution in [0.2, 0.25) is 0 Å². The zero-order valence-corrected chi connectivity index (χ0v) is 10.3. The van der Waals surface area contributed by atoms with Crippen molar-refractivity contribution in [1.29, 1.82) is 0 Å². The van der Waals surface area contributed by atoms with E-state index in [0.717, 1.165) is 6.42 Å². The lowest BCUT2D eigenvalue weighted by atomic mass is 10.0. The fourth-order valence-corrected chi connectivity index (χ4v) is 1.41. The third-order valence-corrected chi connectivity index (χ3v) is 2.60. The number of carbonyl (C=O) groups is 1. The summed E-state index contributed by atoms with van der Waals surface area (Å²) in [5.41, 5.74) is 0. The number of rotatable bonds is 9. The first-order valence-electron chi connectivity index (χ1n) is 6.04. The molecule has 0 aromatic heterocycles. The Bertz CT molecular complexity index is 160. The molecule has 1 atom stereocenters. The highest BCUT2D eigenvalue weighted by molar-refractivity contribution is 5.69. The molecule has 0 fully saturated rings. The molecule has 0 aliphatic rings. The number of nitrogens with one attached hydrogen (secondary N) is 1. The Morgan fingerprint density at radius 3 is 2.67 bits per heavy atom. The van der Waals surface area contributed by atoms with Crippen molar-refractivity contribution >= 4 is 5.97 Å². The molecule has 3 heteroatoms. The van der Waals surface area contributed by atoms with Gasteiger partial charge in [0, 0.05) is 6.54 Å². The molecule has 0 radical (unpaired) electrons. The smallest absolute Gasteiger partial charge is 0.307 e. The van der Waals surface area contributed by atoms with Crippen LogP contribution in [0.4, 0.5) is 0 Å². The van der Waals surface area contributed by atoms with Crippen molar-refractivity contribution < 1.29 is 9.53 Å². The Morgan fingerprint density at radius 1 is 1.40 bits per heavy atom. The quantitative estimate of drug-likeness (QED) is 0.600. The summed E-state index contributed by atoms with van der Waals surface area (Å²) in [6.07, 6.45) is 5.18. The number of ether oxygens (including phenoxy) is 1. The monoisotopic (exact) mass is 215 g/mol. The normalized spacial score (nSPS) is 12.5. The first-order valence-corrected chi connectivity index (χ1v) is 6.04. The standard InChI is InChI=1S/C12H25NO2/c1-4-6-7-11(5-2)10-15-12(14)8-9-13-3/h11,13H,4-10H2,1-3H3. The van der Waals surface area contributed by atoms with Gasteiger partial charge in [0.25, 0.3) is 0 Å². The third kappa shape index (κ3) is 8.43. The van der Waals surface area contributed by atoms with Gasteiger partial charge in [0.15, 0.2) is 0 Å². The molecule has 0 amide bonds.